The van der Waals surface area contributed by atoms with Gasteiger partial charge in [-0.2, -0.15) is 0 Å². The van der Waals surface area contributed by atoms with Crippen molar-refractivity contribution in [1.29, 1.82) is 0 Å². The summed E-state index contributed by atoms with van der Waals surface area (Å²) in [7, 11) is 2.14. The van der Waals surface area contributed by atoms with E-state index in [9.17, 15) is 9.59 Å². The van der Waals surface area contributed by atoms with E-state index < -0.39 is 0 Å². The van der Waals surface area contributed by atoms with Gasteiger partial charge in [0.15, 0.2) is 0 Å². The molecule has 0 saturated carbocycles. The summed E-state index contributed by atoms with van der Waals surface area (Å²) in [4.78, 5) is 33.0. The summed E-state index contributed by atoms with van der Waals surface area (Å²) in [5.41, 5.74) is 2.71. The minimum atomic E-state index is -0.311. The van der Waals surface area contributed by atoms with Crippen molar-refractivity contribution in [2.45, 2.75) is 20.0 Å². The number of hydrogen-bond donors (Lipinski definition) is 1. The molecular weight excluding hydrogens is 424 g/mol. The number of likely N-dealkylation sites (N-methyl/N-ethyl adjacent to an activating group) is 1. The first-order valence-electron chi connectivity index (χ1n) is 11.0. The van der Waals surface area contributed by atoms with E-state index in [0.29, 0.717) is 17.9 Å². The second-order valence-corrected chi connectivity index (χ2v) is 9.32. The standard InChI is InChI=1S/C24H30N4O3S/c1-17(2)31-15-14-28-23(29)21(20-5-4-16-32-20)22(24(28)30)25-18-6-8-19(9-7-18)27-12-10-26(3)11-13-27/h4-9,16-17,25H,10-15H2,1-3H3. The van der Waals surface area contributed by atoms with Crippen molar-refractivity contribution < 1.29 is 14.3 Å². The van der Waals surface area contributed by atoms with E-state index in [0.717, 1.165) is 42.4 Å². The third-order valence-electron chi connectivity index (χ3n) is 5.71. The Bertz CT molecular complexity index is 977. The third kappa shape index (κ3) is 4.87. The van der Waals surface area contributed by atoms with Crippen molar-refractivity contribution in [3.05, 3.63) is 52.4 Å². The summed E-state index contributed by atoms with van der Waals surface area (Å²) in [5, 5.41) is 5.14. The van der Waals surface area contributed by atoms with Crippen LogP contribution in [0.5, 0.6) is 0 Å². The van der Waals surface area contributed by atoms with Crippen molar-refractivity contribution in [2.24, 2.45) is 0 Å². The molecule has 2 aliphatic heterocycles. The quantitative estimate of drug-likeness (QED) is 0.619. The Balaban J connectivity index is 1.53. The molecule has 0 unspecified atom stereocenters. The van der Waals surface area contributed by atoms with Crippen LogP contribution in [0.4, 0.5) is 11.4 Å². The van der Waals surface area contributed by atoms with Crippen LogP contribution in [0.15, 0.2) is 47.5 Å². The molecule has 1 N–H and O–H groups in total. The molecule has 1 aromatic heterocycles. The van der Waals surface area contributed by atoms with Gasteiger partial charge in [-0.3, -0.25) is 14.5 Å². The number of ether oxygens (including phenoxy) is 1. The summed E-state index contributed by atoms with van der Waals surface area (Å²) in [5.74, 6) is -0.588. The number of thiophene rings is 1. The normalized spacial score (nSPS) is 17.8. The fourth-order valence-electron chi connectivity index (χ4n) is 3.89. The van der Waals surface area contributed by atoms with Crippen molar-refractivity contribution in [1.82, 2.24) is 9.80 Å². The highest BCUT2D eigenvalue weighted by Crippen LogP contribution is 2.33. The number of piperazine rings is 1. The average molecular weight is 455 g/mol. The number of hydrogen-bond acceptors (Lipinski definition) is 7. The molecule has 0 spiro atoms. The lowest BCUT2D eigenvalue weighted by molar-refractivity contribution is -0.137. The molecule has 0 atom stereocenters. The molecule has 2 aliphatic rings. The van der Waals surface area contributed by atoms with Crippen LogP contribution in [0.2, 0.25) is 0 Å². The number of rotatable bonds is 8. The zero-order valence-corrected chi connectivity index (χ0v) is 19.7. The highest BCUT2D eigenvalue weighted by atomic mass is 32.1. The van der Waals surface area contributed by atoms with Gasteiger partial charge in [0.25, 0.3) is 11.8 Å². The van der Waals surface area contributed by atoms with E-state index in [-0.39, 0.29) is 24.5 Å². The Kier molecular flexibility index (Phi) is 6.93. The maximum atomic E-state index is 13.2. The van der Waals surface area contributed by atoms with E-state index in [2.05, 4.69) is 34.3 Å². The van der Waals surface area contributed by atoms with Crippen LogP contribution >= 0.6 is 11.3 Å². The molecular formula is C24H30N4O3S. The van der Waals surface area contributed by atoms with Gasteiger partial charge in [0, 0.05) is 42.4 Å². The van der Waals surface area contributed by atoms with Gasteiger partial charge in [0.05, 0.1) is 24.8 Å². The number of imide groups is 1. The van der Waals surface area contributed by atoms with Gasteiger partial charge in [-0.25, -0.2) is 0 Å². The van der Waals surface area contributed by atoms with Gasteiger partial charge in [-0.1, -0.05) is 6.07 Å². The van der Waals surface area contributed by atoms with Crippen LogP contribution in [-0.4, -0.2) is 74.1 Å². The van der Waals surface area contributed by atoms with Crippen LogP contribution in [0.25, 0.3) is 5.57 Å². The number of anilines is 2. The topological polar surface area (TPSA) is 65.1 Å². The maximum Gasteiger partial charge on any atom is 0.278 e. The van der Waals surface area contributed by atoms with Crippen molar-refractivity contribution >= 4 is 40.1 Å². The average Bonchev–Trinajstić information content (AvgIpc) is 3.37. The number of carbonyl (C=O) groups excluding carboxylic acids is 2. The van der Waals surface area contributed by atoms with Gasteiger partial charge >= 0.3 is 0 Å². The SMILES string of the molecule is CC(C)OCCN1C(=O)C(Nc2ccc(N3CCN(C)CC3)cc2)=C(c2cccs2)C1=O. The molecule has 2 amide bonds. The Morgan fingerprint density at radius 1 is 1.03 bits per heavy atom. The maximum absolute atomic E-state index is 13.2. The molecule has 1 aromatic carbocycles. The van der Waals surface area contributed by atoms with Gasteiger partial charge in [0.2, 0.25) is 0 Å². The highest BCUT2D eigenvalue weighted by molar-refractivity contribution is 7.11. The lowest BCUT2D eigenvalue weighted by Crippen LogP contribution is -2.44. The zero-order valence-electron chi connectivity index (χ0n) is 18.8. The minimum Gasteiger partial charge on any atom is -0.377 e. The van der Waals surface area contributed by atoms with E-state index in [1.165, 1.54) is 16.2 Å². The second kappa shape index (κ2) is 9.85. The fourth-order valence-corrected chi connectivity index (χ4v) is 4.66. The summed E-state index contributed by atoms with van der Waals surface area (Å²) in [6.07, 6.45) is 0.0453. The third-order valence-corrected chi connectivity index (χ3v) is 6.59. The van der Waals surface area contributed by atoms with E-state index in [1.54, 1.807) is 0 Å². The van der Waals surface area contributed by atoms with Crippen LogP contribution in [0, 0.1) is 0 Å². The number of amides is 2. The number of carbonyl (C=O) groups is 2. The molecule has 1 saturated heterocycles. The minimum absolute atomic E-state index is 0.0453. The molecule has 1 fully saturated rings. The predicted molar refractivity (Wildman–Crippen MR) is 129 cm³/mol. The molecule has 0 bridgehead atoms. The largest absolute Gasteiger partial charge is 0.377 e. The molecule has 3 heterocycles. The molecule has 7 nitrogen and oxygen atoms in total. The van der Waals surface area contributed by atoms with Gasteiger partial charge in [-0.15, -0.1) is 11.3 Å². The smallest absolute Gasteiger partial charge is 0.278 e. The van der Waals surface area contributed by atoms with Crippen LogP contribution in [0.1, 0.15) is 18.7 Å². The number of nitrogens with zero attached hydrogens (tertiary/aromatic N) is 3. The van der Waals surface area contributed by atoms with Crippen molar-refractivity contribution in [3.8, 4) is 0 Å². The lowest BCUT2D eigenvalue weighted by Gasteiger charge is -2.34. The van der Waals surface area contributed by atoms with Crippen LogP contribution in [0.3, 0.4) is 0 Å². The molecule has 8 heteroatoms. The Morgan fingerprint density at radius 3 is 2.38 bits per heavy atom. The predicted octanol–water partition coefficient (Wildman–Crippen LogP) is 3.12. The number of benzene rings is 1. The first-order chi connectivity index (χ1) is 15.4. The highest BCUT2D eigenvalue weighted by Gasteiger charge is 2.39. The van der Waals surface area contributed by atoms with E-state index in [4.69, 9.17) is 4.74 Å². The summed E-state index contributed by atoms with van der Waals surface area (Å²) < 4.78 is 5.57. The molecule has 4 rings (SSSR count). The second-order valence-electron chi connectivity index (χ2n) is 8.37. The summed E-state index contributed by atoms with van der Waals surface area (Å²) in [6.45, 7) is 8.50. The van der Waals surface area contributed by atoms with Crippen LogP contribution < -0.4 is 10.2 Å². The zero-order chi connectivity index (χ0) is 22.7. The molecule has 32 heavy (non-hydrogen) atoms. The van der Waals surface area contributed by atoms with E-state index in [1.807, 2.05) is 43.5 Å². The van der Waals surface area contributed by atoms with E-state index >= 15 is 0 Å². The fraction of sp³-hybridized carbons (Fsp3) is 0.417. The van der Waals surface area contributed by atoms with Gasteiger partial charge in [-0.05, 0) is 56.6 Å². The Morgan fingerprint density at radius 2 is 1.75 bits per heavy atom. The van der Waals surface area contributed by atoms with Gasteiger partial charge < -0.3 is 19.9 Å². The first-order valence-corrected chi connectivity index (χ1v) is 11.9. The molecule has 0 aliphatic carbocycles. The monoisotopic (exact) mass is 454 g/mol. The lowest BCUT2D eigenvalue weighted by atomic mass is 10.1. The number of nitrogens with one attached hydrogen (secondary N) is 1. The van der Waals surface area contributed by atoms with Crippen molar-refractivity contribution in [2.75, 3.05) is 56.6 Å². The Hall–Kier alpha value is -2.68. The Labute approximate surface area is 193 Å². The molecule has 2 aromatic rings. The molecule has 0 radical (unpaired) electrons. The molecule has 170 valence electrons. The van der Waals surface area contributed by atoms with Gasteiger partial charge in [0.1, 0.15) is 5.70 Å². The van der Waals surface area contributed by atoms with Crippen molar-refractivity contribution in [3.63, 3.8) is 0 Å². The summed E-state index contributed by atoms with van der Waals surface area (Å²) in [6, 6.07) is 11.8. The van der Waals surface area contributed by atoms with Crippen LogP contribution in [-0.2, 0) is 14.3 Å². The summed E-state index contributed by atoms with van der Waals surface area (Å²) >= 11 is 1.45. The first kappa shape index (κ1) is 22.5.